The van der Waals surface area contributed by atoms with Crippen molar-refractivity contribution in [2.45, 2.75) is 30.7 Å². The lowest BCUT2D eigenvalue weighted by molar-refractivity contribution is -0.140. The van der Waals surface area contributed by atoms with Gasteiger partial charge in [-0.25, -0.2) is 4.68 Å². The van der Waals surface area contributed by atoms with Gasteiger partial charge < -0.3 is 9.64 Å². The van der Waals surface area contributed by atoms with Gasteiger partial charge in [0.2, 0.25) is 5.91 Å². The highest BCUT2D eigenvalue weighted by atomic mass is 16.5. The Morgan fingerprint density at radius 1 is 1.21 bits per heavy atom. The Labute approximate surface area is 141 Å². The van der Waals surface area contributed by atoms with E-state index in [2.05, 4.69) is 22.4 Å². The lowest BCUT2D eigenvalue weighted by atomic mass is 9.73. The van der Waals surface area contributed by atoms with Gasteiger partial charge >= 0.3 is 0 Å². The topological polar surface area (TPSA) is 60.2 Å². The molecule has 1 amide bonds. The number of carbonyl (C=O) groups is 1. The van der Waals surface area contributed by atoms with Crippen LogP contribution >= 0.6 is 0 Å². The molecule has 2 saturated heterocycles. The summed E-state index contributed by atoms with van der Waals surface area (Å²) < 4.78 is 7.41. The third kappa shape index (κ3) is 2.60. The molecule has 24 heavy (non-hydrogen) atoms. The molecule has 0 spiro atoms. The number of hydrogen-bond acceptors (Lipinski definition) is 4. The predicted molar refractivity (Wildman–Crippen MR) is 88.4 cm³/mol. The fourth-order valence-electron chi connectivity index (χ4n) is 3.96. The van der Waals surface area contributed by atoms with E-state index in [1.807, 2.05) is 34.0 Å². The highest BCUT2D eigenvalue weighted by Crippen LogP contribution is 2.38. The summed E-state index contributed by atoms with van der Waals surface area (Å²) in [4.78, 5) is 15.5. The molecule has 4 rings (SSSR count). The molecular formula is C18H22N4O2. The molecule has 0 radical (unpaired) electrons. The van der Waals surface area contributed by atoms with Crippen molar-refractivity contribution in [1.82, 2.24) is 19.9 Å². The molecule has 1 unspecified atom stereocenters. The van der Waals surface area contributed by atoms with Crippen molar-refractivity contribution < 1.29 is 9.53 Å². The summed E-state index contributed by atoms with van der Waals surface area (Å²) in [5.41, 5.74) is 0.666. The van der Waals surface area contributed by atoms with Crippen molar-refractivity contribution in [1.29, 1.82) is 0 Å². The summed E-state index contributed by atoms with van der Waals surface area (Å²) in [6, 6.07) is 10.4. The first kappa shape index (κ1) is 15.3. The fourth-order valence-corrected chi connectivity index (χ4v) is 3.96. The number of nitrogens with zero attached hydrogens (tertiary/aromatic N) is 4. The zero-order valence-electron chi connectivity index (χ0n) is 13.7. The van der Waals surface area contributed by atoms with Crippen molar-refractivity contribution >= 4 is 5.91 Å². The molecule has 1 atom stereocenters. The van der Waals surface area contributed by atoms with Crippen molar-refractivity contribution in [3.63, 3.8) is 0 Å². The minimum Gasteiger partial charge on any atom is -0.381 e. The largest absolute Gasteiger partial charge is 0.381 e. The fraction of sp³-hybridized carbons (Fsp3) is 0.500. The lowest BCUT2D eigenvalue weighted by Crippen LogP contribution is -2.49. The molecule has 2 fully saturated rings. The summed E-state index contributed by atoms with van der Waals surface area (Å²) in [6.45, 7) is 2.76. The number of ether oxygens (including phenoxy) is 1. The van der Waals surface area contributed by atoms with Crippen molar-refractivity contribution in [2.75, 3.05) is 26.3 Å². The monoisotopic (exact) mass is 326 g/mol. The van der Waals surface area contributed by atoms with E-state index in [0.29, 0.717) is 19.8 Å². The summed E-state index contributed by atoms with van der Waals surface area (Å²) in [7, 11) is 0. The third-order valence-corrected chi connectivity index (χ3v) is 5.35. The molecule has 2 aliphatic rings. The standard InChI is InChI=1S/C18H22N4O2/c23-17(21-10-6-16(14-21)22-11-9-19-20-22)18(7-12-24-13-8-18)15-4-2-1-3-5-15/h1-5,9,11,16H,6-8,10,12-14H2. The van der Waals surface area contributed by atoms with Gasteiger partial charge in [0.1, 0.15) is 0 Å². The SMILES string of the molecule is O=C(N1CCC(n2ccnn2)C1)C1(c2ccccc2)CCOCC1. The van der Waals surface area contributed by atoms with Crippen LogP contribution in [-0.2, 0) is 14.9 Å². The highest BCUT2D eigenvalue weighted by Gasteiger charge is 2.45. The van der Waals surface area contributed by atoms with E-state index < -0.39 is 5.41 Å². The quantitative estimate of drug-likeness (QED) is 0.863. The van der Waals surface area contributed by atoms with Crippen LogP contribution in [0.4, 0.5) is 0 Å². The molecule has 6 nitrogen and oxygen atoms in total. The number of likely N-dealkylation sites (tertiary alicyclic amines) is 1. The second-order valence-electron chi connectivity index (χ2n) is 6.64. The zero-order valence-corrected chi connectivity index (χ0v) is 13.7. The molecule has 126 valence electrons. The van der Waals surface area contributed by atoms with E-state index in [0.717, 1.165) is 31.4 Å². The van der Waals surface area contributed by atoms with E-state index in [4.69, 9.17) is 4.74 Å². The molecule has 6 heteroatoms. The Kier molecular flexibility index (Phi) is 4.06. The summed E-state index contributed by atoms with van der Waals surface area (Å²) in [5, 5.41) is 7.97. The van der Waals surface area contributed by atoms with Gasteiger partial charge in [0, 0.05) is 32.5 Å². The second-order valence-corrected chi connectivity index (χ2v) is 6.64. The van der Waals surface area contributed by atoms with Gasteiger partial charge in [-0.3, -0.25) is 4.79 Å². The summed E-state index contributed by atoms with van der Waals surface area (Å²) in [6.07, 6.45) is 5.99. The first-order chi connectivity index (χ1) is 11.8. The van der Waals surface area contributed by atoms with Crippen molar-refractivity contribution in [3.05, 3.63) is 48.3 Å². The Balaban J connectivity index is 1.58. The number of carbonyl (C=O) groups excluding carboxylic acids is 1. The molecule has 1 aromatic heterocycles. The van der Waals surface area contributed by atoms with E-state index in [1.165, 1.54) is 0 Å². The molecular weight excluding hydrogens is 304 g/mol. The van der Waals surface area contributed by atoms with Crippen LogP contribution in [0.1, 0.15) is 30.9 Å². The number of aromatic nitrogens is 3. The van der Waals surface area contributed by atoms with Gasteiger partial charge in [-0.15, -0.1) is 5.10 Å². The lowest BCUT2D eigenvalue weighted by Gasteiger charge is -2.39. The van der Waals surface area contributed by atoms with Crippen LogP contribution in [0.25, 0.3) is 0 Å². The zero-order chi connectivity index (χ0) is 16.4. The average Bonchev–Trinajstić information content (AvgIpc) is 3.34. The Morgan fingerprint density at radius 3 is 2.71 bits per heavy atom. The summed E-state index contributed by atoms with van der Waals surface area (Å²) >= 11 is 0. The van der Waals surface area contributed by atoms with E-state index >= 15 is 0 Å². The normalized spacial score (nSPS) is 23.3. The smallest absolute Gasteiger partial charge is 0.233 e. The van der Waals surface area contributed by atoms with Crippen LogP contribution in [0.15, 0.2) is 42.7 Å². The Bertz CT molecular complexity index is 680. The number of rotatable bonds is 3. The Morgan fingerprint density at radius 2 is 2.00 bits per heavy atom. The second kappa shape index (κ2) is 6.36. The minimum atomic E-state index is -0.448. The number of benzene rings is 1. The van der Waals surface area contributed by atoms with E-state index in [-0.39, 0.29) is 11.9 Å². The van der Waals surface area contributed by atoms with Crippen LogP contribution in [-0.4, -0.2) is 52.1 Å². The highest BCUT2D eigenvalue weighted by molar-refractivity contribution is 5.88. The maximum atomic E-state index is 13.5. The molecule has 0 aliphatic carbocycles. The van der Waals surface area contributed by atoms with Gasteiger partial charge in [0.05, 0.1) is 17.7 Å². The number of amides is 1. The van der Waals surface area contributed by atoms with Gasteiger partial charge in [-0.1, -0.05) is 35.5 Å². The van der Waals surface area contributed by atoms with Crippen LogP contribution in [0.2, 0.25) is 0 Å². The van der Waals surface area contributed by atoms with Gasteiger partial charge in [-0.05, 0) is 24.8 Å². The minimum absolute atomic E-state index is 0.226. The van der Waals surface area contributed by atoms with Gasteiger partial charge in [0.15, 0.2) is 0 Å². The van der Waals surface area contributed by atoms with Crippen molar-refractivity contribution in [3.8, 4) is 0 Å². The first-order valence-electron chi connectivity index (χ1n) is 8.58. The van der Waals surface area contributed by atoms with E-state index in [9.17, 15) is 4.79 Å². The van der Waals surface area contributed by atoms with Gasteiger partial charge in [-0.2, -0.15) is 0 Å². The van der Waals surface area contributed by atoms with Crippen molar-refractivity contribution in [2.24, 2.45) is 0 Å². The molecule has 0 N–H and O–H groups in total. The van der Waals surface area contributed by atoms with Crippen LogP contribution in [0.3, 0.4) is 0 Å². The molecule has 0 saturated carbocycles. The van der Waals surface area contributed by atoms with Crippen LogP contribution in [0, 0.1) is 0 Å². The molecule has 3 heterocycles. The maximum Gasteiger partial charge on any atom is 0.233 e. The van der Waals surface area contributed by atoms with Crippen LogP contribution < -0.4 is 0 Å². The van der Waals surface area contributed by atoms with E-state index in [1.54, 1.807) is 6.20 Å². The van der Waals surface area contributed by atoms with Gasteiger partial charge in [0.25, 0.3) is 0 Å². The Hall–Kier alpha value is -2.21. The number of hydrogen-bond donors (Lipinski definition) is 0. The third-order valence-electron chi connectivity index (χ3n) is 5.35. The maximum absolute atomic E-state index is 13.5. The molecule has 0 bridgehead atoms. The molecule has 2 aromatic rings. The first-order valence-corrected chi connectivity index (χ1v) is 8.58. The predicted octanol–water partition coefficient (Wildman–Crippen LogP) is 1.80. The molecule has 1 aromatic carbocycles. The summed E-state index contributed by atoms with van der Waals surface area (Å²) in [5.74, 6) is 0.236. The molecule has 2 aliphatic heterocycles. The average molecular weight is 326 g/mol. The van der Waals surface area contributed by atoms with Crippen LogP contribution in [0.5, 0.6) is 0 Å².